The van der Waals surface area contributed by atoms with E-state index in [9.17, 15) is 4.79 Å². The molecule has 0 aliphatic carbocycles. The number of nitrogens with one attached hydrogen (secondary N) is 1. The van der Waals surface area contributed by atoms with Crippen molar-refractivity contribution in [2.24, 2.45) is 0 Å². The average Bonchev–Trinajstić information content (AvgIpc) is 3.09. The average molecular weight is 456 g/mol. The van der Waals surface area contributed by atoms with Crippen LogP contribution in [0.25, 0.3) is 11.4 Å². The number of amides is 1. The summed E-state index contributed by atoms with van der Waals surface area (Å²) in [6.07, 6.45) is 0. The molecule has 0 atom stereocenters. The Labute approximate surface area is 182 Å². The molecular formula is C19H17Cl3N4OS. The van der Waals surface area contributed by atoms with Crippen LogP contribution < -0.4 is 5.32 Å². The highest BCUT2D eigenvalue weighted by Gasteiger charge is 2.14. The van der Waals surface area contributed by atoms with Crippen LogP contribution >= 0.6 is 46.6 Å². The molecule has 0 spiro atoms. The second-order valence-electron chi connectivity index (χ2n) is 5.86. The maximum absolute atomic E-state index is 12.2. The van der Waals surface area contributed by atoms with Crippen LogP contribution in [0, 0.1) is 0 Å². The predicted octanol–water partition coefficient (Wildman–Crippen LogP) is 5.33. The number of benzene rings is 2. The molecule has 1 N–H and O–H groups in total. The van der Waals surface area contributed by atoms with E-state index in [1.54, 1.807) is 18.2 Å². The van der Waals surface area contributed by atoms with Gasteiger partial charge in [0.2, 0.25) is 5.91 Å². The van der Waals surface area contributed by atoms with Gasteiger partial charge < -0.3 is 9.88 Å². The van der Waals surface area contributed by atoms with E-state index in [2.05, 4.69) is 15.5 Å². The molecule has 0 saturated carbocycles. The summed E-state index contributed by atoms with van der Waals surface area (Å²) in [4.78, 5) is 12.2. The van der Waals surface area contributed by atoms with Gasteiger partial charge in [-0.05, 0) is 48.9 Å². The molecule has 1 aromatic heterocycles. The quantitative estimate of drug-likeness (QED) is 0.489. The second-order valence-corrected chi connectivity index (χ2v) is 8.08. The molecule has 0 radical (unpaired) electrons. The number of hydrogen-bond donors (Lipinski definition) is 1. The molecule has 0 saturated heterocycles. The van der Waals surface area contributed by atoms with Gasteiger partial charge in [0, 0.05) is 33.7 Å². The van der Waals surface area contributed by atoms with Gasteiger partial charge in [0.1, 0.15) is 0 Å². The van der Waals surface area contributed by atoms with Crippen LogP contribution in [0.15, 0.2) is 47.6 Å². The molecule has 1 heterocycles. The van der Waals surface area contributed by atoms with Crippen molar-refractivity contribution in [1.29, 1.82) is 0 Å². The number of aromatic nitrogens is 3. The number of carbonyl (C=O) groups is 1. The summed E-state index contributed by atoms with van der Waals surface area (Å²) < 4.78 is 1.97. The van der Waals surface area contributed by atoms with Crippen molar-refractivity contribution < 1.29 is 4.79 Å². The molecular weight excluding hydrogens is 439 g/mol. The molecule has 5 nitrogen and oxygen atoms in total. The molecule has 0 aliphatic heterocycles. The monoisotopic (exact) mass is 454 g/mol. The van der Waals surface area contributed by atoms with Crippen molar-refractivity contribution in [3.05, 3.63) is 63.1 Å². The normalized spacial score (nSPS) is 10.9. The summed E-state index contributed by atoms with van der Waals surface area (Å²) >= 11 is 19.3. The number of thioether (sulfide) groups is 1. The van der Waals surface area contributed by atoms with Crippen molar-refractivity contribution in [2.75, 3.05) is 5.75 Å². The zero-order valence-electron chi connectivity index (χ0n) is 15.0. The highest BCUT2D eigenvalue weighted by atomic mass is 35.5. The van der Waals surface area contributed by atoms with E-state index in [4.69, 9.17) is 34.8 Å². The highest BCUT2D eigenvalue weighted by Crippen LogP contribution is 2.25. The third-order valence-electron chi connectivity index (χ3n) is 3.96. The van der Waals surface area contributed by atoms with E-state index in [0.29, 0.717) is 33.3 Å². The molecule has 0 bridgehead atoms. The van der Waals surface area contributed by atoms with Crippen molar-refractivity contribution >= 4 is 52.5 Å². The highest BCUT2D eigenvalue weighted by molar-refractivity contribution is 7.99. The third-order valence-corrected chi connectivity index (χ3v) is 5.76. The molecule has 0 fully saturated rings. The minimum absolute atomic E-state index is 0.116. The van der Waals surface area contributed by atoms with Gasteiger partial charge >= 0.3 is 0 Å². The fourth-order valence-corrected chi connectivity index (χ4v) is 3.97. The van der Waals surface area contributed by atoms with Crippen LogP contribution in [0.3, 0.4) is 0 Å². The third kappa shape index (κ3) is 5.20. The lowest BCUT2D eigenvalue weighted by molar-refractivity contribution is -0.118. The number of hydrogen-bond acceptors (Lipinski definition) is 4. The van der Waals surface area contributed by atoms with Gasteiger partial charge in [-0.25, -0.2) is 0 Å². The van der Waals surface area contributed by atoms with Crippen molar-refractivity contribution in [1.82, 2.24) is 20.1 Å². The lowest BCUT2D eigenvalue weighted by atomic mass is 10.2. The summed E-state index contributed by atoms with van der Waals surface area (Å²) in [5.41, 5.74) is 1.73. The van der Waals surface area contributed by atoms with Crippen LogP contribution in [0.2, 0.25) is 15.1 Å². The van der Waals surface area contributed by atoms with Gasteiger partial charge in [0.25, 0.3) is 0 Å². The smallest absolute Gasteiger partial charge is 0.230 e. The Morgan fingerprint density at radius 2 is 1.79 bits per heavy atom. The van der Waals surface area contributed by atoms with E-state index in [0.717, 1.165) is 17.0 Å². The zero-order valence-corrected chi connectivity index (χ0v) is 18.0. The first-order valence-electron chi connectivity index (χ1n) is 8.50. The van der Waals surface area contributed by atoms with Gasteiger partial charge in [-0.2, -0.15) is 0 Å². The maximum Gasteiger partial charge on any atom is 0.230 e. The molecule has 28 heavy (non-hydrogen) atoms. The van der Waals surface area contributed by atoms with Crippen molar-refractivity contribution in [3.8, 4) is 11.4 Å². The molecule has 3 aromatic rings. The molecule has 146 valence electrons. The molecule has 1 amide bonds. The summed E-state index contributed by atoms with van der Waals surface area (Å²) in [7, 11) is 0. The van der Waals surface area contributed by atoms with E-state index < -0.39 is 0 Å². The minimum Gasteiger partial charge on any atom is -0.351 e. The molecule has 0 unspecified atom stereocenters. The van der Waals surface area contributed by atoms with E-state index in [1.165, 1.54) is 11.8 Å². The van der Waals surface area contributed by atoms with Crippen molar-refractivity contribution in [2.45, 2.75) is 25.2 Å². The van der Waals surface area contributed by atoms with Crippen LogP contribution in [0.1, 0.15) is 12.5 Å². The zero-order chi connectivity index (χ0) is 20.1. The van der Waals surface area contributed by atoms with Crippen LogP contribution in [-0.4, -0.2) is 26.4 Å². The van der Waals surface area contributed by atoms with E-state index >= 15 is 0 Å². The summed E-state index contributed by atoms with van der Waals surface area (Å²) in [6.45, 7) is 3.04. The predicted molar refractivity (Wildman–Crippen MR) is 115 cm³/mol. The first-order valence-corrected chi connectivity index (χ1v) is 10.6. The number of nitrogens with zero attached hydrogens (tertiary/aromatic N) is 3. The first kappa shape index (κ1) is 21.0. The summed E-state index contributed by atoms with van der Waals surface area (Å²) in [5.74, 6) is 0.856. The van der Waals surface area contributed by atoms with Crippen LogP contribution in [0.4, 0.5) is 0 Å². The molecule has 3 rings (SSSR count). The number of carbonyl (C=O) groups excluding carboxylic acids is 1. The minimum atomic E-state index is -0.116. The van der Waals surface area contributed by atoms with Gasteiger partial charge in [0.15, 0.2) is 11.0 Å². The first-order chi connectivity index (χ1) is 13.5. The fraction of sp³-hybridized carbons (Fsp3) is 0.211. The van der Waals surface area contributed by atoms with Gasteiger partial charge in [-0.3, -0.25) is 4.79 Å². The largest absolute Gasteiger partial charge is 0.351 e. The Morgan fingerprint density at radius 3 is 2.46 bits per heavy atom. The maximum atomic E-state index is 12.2. The standard InChI is InChI=1S/C19H17Cl3N4OS/c1-2-26-18(12-3-6-14(20)7-4-12)24-25-19(26)28-11-17(27)23-10-13-5-8-15(21)9-16(13)22/h3-9H,2,10-11H2,1H3,(H,23,27). The van der Waals surface area contributed by atoms with Crippen molar-refractivity contribution in [3.63, 3.8) is 0 Å². The topological polar surface area (TPSA) is 59.8 Å². The SMILES string of the molecule is CCn1c(SCC(=O)NCc2ccc(Cl)cc2Cl)nnc1-c1ccc(Cl)cc1. The van der Waals surface area contributed by atoms with E-state index in [1.807, 2.05) is 35.8 Å². The lowest BCUT2D eigenvalue weighted by Gasteiger charge is -2.09. The van der Waals surface area contributed by atoms with Gasteiger partial charge in [-0.1, -0.05) is 52.6 Å². The molecule has 9 heteroatoms. The van der Waals surface area contributed by atoms with Gasteiger partial charge in [0.05, 0.1) is 5.75 Å². The van der Waals surface area contributed by atoms with E-state index in [-0.39, 0.29) is 11.7 Å². The Morgan fingerprint density at radius 1 is 1.07 bits per heavy atom. The number of halogens is 3. The Kier molecular flexibility index (Phi) is 7.24. The number of rotatable bonds is 7. The van der Waals surface area contributed by atoms with Crippen LogP contribution in [-0.2, 0) is 17.9 Å². The molecule has 2 aromatic carbocycles. The van der Waals surface area contributed by atoms with Gasteiger partial charge in [-0.15, -0.1) is 10.2 Å². The summed E-state index contributed by atoms with van der Waals surface area (Å²) in [6, 6.07) is 12.6. The Hall–Kier alpha value is -1.73. The lowest BCUT2D eigenvalue weighted by Crippen LogP contribution is -2.24. The molecule has 0 aliphatic rings. The fourth-order valence-electron chi connectivity index (χ4n) is 2.53. The summed E-state index contributed by atoms with van der Waals surface area (Å²) in [5, 5.41) is 13.8. The Balaban J connectivity index is 1.61. The Bertz CT molecular complexity index is 976. The van der Waals surface area contributed by atoms with Crippen LogP contribution in [0.5, 0.6) is 0 Å². The second kappa shape index (κ2) is 9.65.